The summed E-state index contributed by atoms with van der Waals surface area (Å²) < 4.78 is 46.7. The maximum Gasteiger partial charge on any atom is 0.407 e. The van der Waals surface area contributed by atoms with Crippen LogP contribution in [0.1, 0.15) is 52.2 Å². The minimum atomic E-state index is -4.16. The van der Waals surface area contributed by atoms with Crippen LogP contribution in [-0.4, -0.2) is 92.1 Å². The standard InChI is InChI=1S/C36H48N4O8S/c1-6-39(18-23(2)3)20-29-28-17-26(12-13-30(28)37-34(29)42)49(44,45)40(19-24(4)5)21-32(41)31(16-25-10-8-7-9-11-25)38-36(43)48-33-22-47-35-27(33)14-15-46-35/h7-13,17-18,20,24,27,31-33,35,41H,6,14-16,19,21-22H2,1-5H3,(H,37,42)(H,38,43)/b29-20-/t27-,31-,32+,33-,35+/m0/s1. The molecule has 3 heterocycles. The number of fused-ring (bicyclic) bond motifs is 2. The fourth-order valence-corrected chi connectivity index (χ4v) is 8.01. The molecule has 2 aromatic carbocycles. The number of alkyl carbamates (subject to hydrolysis) is 1. The van der Waals surface area contributed by atoms with Crippen LogP contribution in [0.25, 0.3) is 5.57 Å². The van der Waals surface area contributed by atoms with E-state index in [1.165, 1.54) is 16.4 Å². The number of aliphatic hydroxyl groups is 1. The van der Waals surface area contributed by atoms with E-state index in [1.54, 1.807) is 12.3 Å². The summed E-state index contributed by atoms with van der Waals surface area (Å²) in [4.78, 5) is 28.0. The molecule has 0 saturated carbocycles. The molecule has 5 rings (SSSR count). The van der Waals surface area contributed by atoms with Crippen molar-refractivity contribution in [2.75, 3.05) is 38.2 Å². The van der Waals surface area contributed by atoms with E-state index in [1.807, 2.05) is 76.1 Å². The Morgan fingerprint density at radius 2 is 1.90 bits per heavy atom. The van der Waals surface area contributed by atoms with Gasteiger partial charge in [0.15, 0.2) is 6.29 Å². The predicted octanol–water partition coefficient (Wildman–Crippen LogP) is 4.33. The summed E-state index contributed by atoms with van der Waals surface area (Å²) >= 11 is 0. The third kappa shape index (κ3) is 8.89. The summed E-state index contributed by atoms with van der Waals surface area (Å²) in [7, 11) is -4.16. The lowest BCUT2D eigenvalue weighted by atomic mass is 10.0. The number of rotatable bonds is 14. The van der Waals surface area contributed by atoms with Crippen molar-refractivity contribution in [3.63, 3.8) is 0 Å². The Morgan fingerprint density at radius 1 is 1.14 bits per heavy atom. The van der Waals surface area contributed by atoms with Gasteiger partial charge < -0.3 is 34.9 Å². The molecule has 0 radical (unpaired) electrons. The first-order valence-corrected chi connectivity index (χ1v) is 18.3. The number of sulfonamides is 1. The minimum Gasteiger partial charge on any atom is -0.443 e. The van der Waals surface area contributed by atoms with E-state index < -0.39 is 34.4 Å². The Bertz CT molecular complexity index is 1660. The maximum absolute atomic E-state index is 14.3. The normalized spacial score (nSPS) is 22.1. The highest BCUT2D eigenvalue weighted by Gasteiger charge is 2.44. The van der Waals surface area contributed by atoms with Gasteiger partial charge in [-0.3, -0.25) is 4.79 Å². The van der Waals surface area contributed by atoms with Crippen molar-refractivity contribution < 1.29 is 37.3 Å². The first kappa shape index (κ1) is 36.5. The maximum atomic E-state index is 14.3. The highest BCUT2D eigenvalue weighted by molar-refractivity contribution is 7.89. The average molecular weight is 697 g/mol. The molecule has 2 saturated heterocycles. The fourth-order valence-electron chi connectivity index (χ4n) is 6.36. The highest BCUT2D eigenvalue weighted by atomic mass is 32.2. The number of ether oxygens (including phenoxy) is 3. The number of benzene rings is 2. The molecule has 0 aromatic heterocycles. The van der Waals surface area contributed by atoms with E-state index in [-0.39, 0.29) is 55.0 Å². The number of anilines is 1. The molecule has 0 spiro atoms. The van der Waals surface area contributed by atoms with Gasteiger partial charge in [0.25, 0.3) is 5.91 Å². The lowest BCUT2D eigenvalue weighted by Gasteiger charge is -2.31. The minimum absolute atomic E-state index is 0.00619. The van der Waals surface area contributed by atoms with E-state index >= 15 is 0 Å². The van der Waals surface area contributed by atoms with Gasteiger partial charge in [0.05, 0.1) is 41.7 Å². The molecule has 5 atom stereocenters. The van der Waals surface area contributed by atoms with Gasteiger partial charge in [0, 0.05) is 43.3 Å². The average Bonchev–Trinajstić information content (AvgIpc) is 3.75. The van der Waals surface area contributed by atoms with E-state index in [4.69, 9.17) is 14.2 Å². The molecule has 2 amide bonds. The molecule has 2 aromatic rings. The summed E-state index contributed by atoms with van der Waals surface area (Å²) in [6.07, 6.45) is 1.72. The van der Waals surface area contributed by atoms with Gasteiger partial charge in [-0.1, -0.05) is 49.8 Å². The highest BCUT2D eigenvalue weighted by Crippen LogP contribution is 2.35. The number of carbonyl (C=O) groups excluding carboxylic acids is 2. The molecule has 0 unspecified atom stereocenters. The summed E-state index contributed by atoms with van der Waals surface area (Å²) in [6.45, 7) is 10.9. The summed E-state index contributed by atoms with van der Waals surface area (Å²) in [5, 5.41) is 17.3. The number of amides is 2. The molecule has 2 fully saturated rings. The fraction of sp³-hybridized carbons (Fsp3) is 0.500. The second-order valence-corrected chi connectivity index (χ2v) is 15.4. The molecule has 266 valence electrons. The first-order valence-electron chi connectivity index (χ1n) is 16.9. The molecule has 12 nitrogen and oxygen atoms in total. The van der Waals surface area contributed by atoms with Gasteiger partial charge in [0.2, 0.25) is 10.0 Å². The van der Waals surface area contributed by atoms with Gasteiger partial charge in [0.1, 0.15) is 6.10 Å². The molecule has 0 bridgehead atoms. The van der Waals surface area contributed by atoms with Crippen LogP contribution in [0.2, 0.25) is 0 Å². The Balaban J connectivity index is 1.39. The molecule has 3 aliphatic heterocycles. The Hall–Kier alpha value is -3.75. The monoisotopic (exact) mass is 696 g/mol. The van der Waals surface area contributed by atoms with Crippen molar-refractivity contribution in [3.05, 3.63) is 77.6 Å². The molecular formula is C36H48N4O8S. The van der Waals surface area contributed by atoms with Crippen molar-refractivity contribution in [3.8, 4) is 0 Å². The van der Waals surface area contributed by atoms with Crippen LogP contribution in [0.4, 0.5) is 10.5 Å². The lowest BCUT2D eigenvalue weighted by Crippen LogP contribution is -2.51. The van der Waals surface area contributed by atoms with Crippen molar-refractivity contribution in [2.45, 2.75) is 76.9 Å². The van der Waals surface area contributed by atoms with Gasteiger partial charge in [-0.15, -0.1) is 0 Å². The molecule has 3 N–H and O–H groups in total. The van der Waals surface area contributed by atoms with Crippen molar-refractivity contribution in [1.82, 2.24) is 14.5 Å². The van der Waals surface area contributed by atoms with E-state index in [9.17, 15) is 23.1 Å². The molecule has 13 heteroatoms. The Morgan fingerprint density at radius 3 is 2.59 bits per heavy atom. The number of allylic oxidation sites excluding steroid dienone is 1. The van der Waals surface area contributed by atoms with Crippen LogP contribution in [0, 0.1) is 11.8 Å². The second kappa shape index (κ2) is 15.9. The van der Waals surface area contributed by atoms with Crippen LogP contribution in [-0.2, 0) is 35.4 Å². The number of nitrogens with one attached hydrogen (secondary N) is 2. The summed E-state index contributed by atoms with van der Waals surface area (Å²) in [5.41, 5.74) is 3.26. The van der Waals surface area contributed by atoms with E-state index in [0.717, 1.165) is 17.6 Å². The third-order valence-corrected chi connectivity index (χ3v) is 10.6. The summed E-state index contributed by atoms with van der Waals surface area (Å²) in [5.74, 6) is -0.450. The van der Waals surface area contributed by atoms with Crippen LogP contribution >= 0.6 is 0 Å². The van der Waals surface area contributed by atoms with Crippen molar-refractivity contribution in [2.24, 2.45) is 11.8 Å². The quantitative estimate of drug-likeness (QED) is 0.246. The number of aliphatic hydroxyl groups excluding tert-OH is 1. The number of nitrogens with zero attached hydrogens (tertiary/aromatic N) is 2. The number of carbonyl (C=O) groups is 2. The van der Waals surface area contributed by atoms with Gasteiger partial charge >= 0.3 is 6.09 Å². The Labute approximate surface area is 289 Å². The SMILES string of the molecule is CCN(C=C(C)C)/C=C1\C(=O)Nc2ccc(S(=O)(=O)N(CC(C)C)C[C@@H](O)[C@H](Cc3ccccc3)NC(=O)O[C@H]3CO[C@H]4OCC[C@H]43)cc21. The van der Waals surface area contributed by atoms with E-state index in [2.05, 4.69) is 10.6 Å². The van der Waals surface area contributed by atoms with Gasteiger partial charge in [-0.05, 0) is 63.3 Å². The topological polar surface area (TPSA) is 147 Å². The van der Waals surface area contributed by atoms with Crippen molar-refractivity contribution >= 4 is 33.3 Å². The van der Waals surface area contributed by atoms with Crippen LogP contribution in [0.5, 0.6) is 0 Å². The van der Waals surface area contributed by atoms with Gasteiger partial charge in [-0.2, -0.15) is 4.31 Å². The lowest BCUT2D eigenvalue weighted by molar-refractivity contribution is -0.110. The predicted molar refractivity (Wildman–Crippen MR) is 186 cm³/mol. The molecule has 49 heavy (non-hydrogen) atoms. The largest absolute Gasteiger partial charge is 0.443 e. The Kier molecular flexibility index (Phi) is 11.8. The van der Waals surface area contributed by atoms with Crippen LogP contribution in [0.3, 0.4) is 0 Å². The summed E-state index contributed by atoms with van der Waals surface area (Å²) in [6, 6.07) is 13.0. The molecular weight excluding hydrogens is 648 g/mol. The first-order chi connectivity index (χ1) is 23.3. The van der Waals surface area contributed by atoms with Crippen LogP contribution in [0.15, 0.2) is 71.4 Å². The van der Waals surface area contributed by atoms with Crippen molar-refractivity contribution in [1.29, 1.82) is 0 Å². The smallest absolute Gasteiger partial charge is 0.407 e. The zero-order valence-electron chi connectivity index (χ0n) is 28.8. The molecule has 0 aliphatic carbocycles. The molecule has 3 aliphatic rings. The number of hydrogen-bond donors (Lipinski definition) is 3. The third-order valence-electron chi connectivity index (χ3n) is 8.77. The zero-order valence-corrected chi connectivity index (χ0v) is 29.6. The zero-order chi connectivity index (χ0) is 35.3. The van der Waals surface area contributed by atoms with Crippen LogP contribution < -0.4 is 10.6 Å². The second-order valence-electron chi connectivity index (χ2n) is 13.4. The number of hydrogen-bond acceptors (Lipinski definition) is 9. The van der Waals surface area contributed by atoms with Gasteiger partial charge in [-0.25, -0.2) is 13.2 Å². The van der Waals surface area contributed by atoms with E-state index in [0.29, 0.717) is 30.0 Å².